The molecule has 220 valence electrons. The number of aliphatic hydroxyl groups is 1. The number of rotatable bonds is 13. The third-order valence-corrected chi connectivity index (χ3v) is 8.95. The first kappa shape index (κ1) is 31.3. The van der Waals surface area contributed by atoms with Crippen molar-refractivity contribution in [3.63, 3.8) is 0 Å². The van der Waals surface area contributed by atoms with Gasteiger partial charge in [-0.1, -0.05) is 39.8 Å². The second kappa shape index (κ2) is 11.4. The SMILES string of the molecule is C=CCCOC(=O)[C@@H]1[C@H]2C(=O)N(CCCCO)C(C(=O)N(CC=C)C(C)(C)CC(C)(C)C)C23CC(C)[C@@]1(C)O3. The maximum atomic E-state index is 14.7. The van der Waals surface area contributed by atoms with Crippen LogP contribution in [-0.2, 0) is 23.9 Å². The molecule has 0 aromatic rings. The Bertz CT molecular complexity index is 971. The third-order valence-electron chi connectivity index (χ3n) is 8.95. The summed E-state index contributed by atoms with van der Waals surface area (Å²) in [6.45, 7) is 22.9. The number of ether oxygens (including phenoxy) is 2. The van der Waals surface area contributed by atoms with E-state index in [1.807, 2.05) is 18.7 Å². The minimum Gasteiger partial charge on any atom is -0.465 e. The Hall–Kier alpha value is -2.19. The van der Waals surface area contributed by atoms with Crippen molar-refractivity contribution in [3.05, 3.63) is 25.3 Å². The zero-order valence-corrected chi connectivity index (χ0v) is 25.1. The highest BCUT2D eigenvalue weighted by molar-refractivity contribution is 5.98. The molecule has 8 heteroatoms. The molecule has 3 aliphatic rings. The van der Waals surface area contributed by atoms with Crippen molar-refractivity contribution < 1.29 is 29.0 Å². The van der Waals surface area contributed by atoms with Gasteiger partial charge in [0.2, 0.25) is 11.8 Å². The van der Waals surface area contributed by atoms with Gasteiger partial charge in [-0.3, -0.25) is 14.4 Å². The Balaban J connectivity index is 2.10. The molecule has 3 fully saturated rings. The van der Waals surface area contributed by atoms with E-state index in [1.54, 1.807) is 17.1 Å². The average Bonchev–Trinajstić information content (AvgIpc) is 3.32. The van der Waals surface area contributed by atoms with Crippen LogP contribution < -0.4 is 0 Å². The fourth-order valence-corrected chi connectivity index (χ4v) is 7.65. The van der Waals surface area contributed by atoms with Crippen LogP contribution in [0.3, 0.4) is 0 Å². The number of hydrogen-bond donors (Lipinski definition) is 1. The fourth-order valence-electron chi connectivity index (χ4n) is 7.65. The maximum absolute atomic E-state index is 14.7. The molecule has 1 spiro atoms. The first-order valence-corrected chi connectivity index (χ1v) is 14.4. The van der Waals surface area contributed by atoms with Crippen LogP contribution in [0.2, 0.25) is 0 Å². The summed E-state index contributed by atoms with van der Waals surface area (Å²) in [6, 6.07) is -0.872. The molecular weight excluding hydrogens is 496 g/mol. The van der Waals surface area contributed by atoms with Crippen LogP contribution in [0.1, 0.15) is 80.6 Å². The summed E-state index contributed by atoms with van der Waals surface area (Å²) in [4.78, 5) is 45.9. The van der Waals surface area contributed by atoms with E-state index in [0.717, 1.165) is 6.42 Å². The molecule has 3 saturated heterocycles. The molecule has 0 aromatic carbocycles. The van der Waals surface area contributed by atoms with Gasteiger partial charge >= 0.3 is 5.97 Å². The first-order valence-electron chi connectivity index (χ1n) is 14.4. The van der Waals surface area contributed by atoms with Crippen LogP contribution in [0.25, 0.3) is 0 Å². The molecule has 3 heterocycles. The van der Waals surface area contributed by atoms with Crippen LogP contribution >= 0.6 is 0 Å². The van der Waals surface area contributed by atoms with E-state index in [9.17, 15) is 19.5 Å². The molecule has 1 N–H and O–H groups in total. The average molecular weight is 547 g/mol. The molecule has 0 aromatic heterocycles. The van der Waals surface area contributed by atoms with Crippen molar-refractivity contribution in [2.24, 2.45) is 23.2 Å². The molecule has 3 unspecified atom stereocenters. The van der Waals surface area contributed by atoms with Crippen LogP contribution in [0.15, 0.2) is 25.3 Å². The second-order valence-electron chi connectivity index (χ2n) is 13.7. The zero-order chi connectivity index (χ0) is 29.4. The molecule has 3 aliphatic heterocycles. The predicted octanol–water partition coefficient (Wildman–Crippen LogP) is 4.12. The number of amides is 2. The molecule has 0 aliphatic carbocycles. The molecule has 0 radical (unpaired) electrons. The molecule has 6 atom stereocenters. The van der Waals surface area contributed by atoms with E-state index in [4.69, 9.17) is 9.47 Å². The first-order chi connectivity index (χ1) is 18.1. The summed E-state index contributed by atoms with van der Waals surface area (Å²) < 4.78 is 12.4. The number of nitrogens with zero attached hydrogens (tertiary/aromatic N) is 2. The molecule has 3 rings (SSSR count). The third kappa shape index (κ3) is 5.56. The van der Waals surface area contributed by atoms with Crippen molar-refractivity contribution in [2.45, 2.75) is 103 Å². The van der Waals surface area contributed by atoms with Gasteiger partial charge in [-0.05, 0) is 64.2 Å². The van der Waals surface area contributed by atoms with Gasteiger partial charge < -0.3 is 24.4 Å². The zero-order valence-electron chi connectivity index (χ0n) is 25.1. The standard InChI is InChI=1S/C31H50N2O6/c1-10-12-18-38-27(37)23-22-25(35)32(16-13-14-17-34)24(31(22)19-21(3)30(23,9)39-31)26(36)33(15-11-2)29(7,8)20-28(4,5)6/h10-11,21-24,34H,1-2,12-20H2,3-9H3/t21?,22-,23-,24?,30+,31?/m0/s1. The number of carbonyl (C=O) groups excluding carboxylic acids is 3. The largest absolute Gasteiger partial charge is 0.465 e. The van der Waals surface area contributed by atoms with Gasteiger partial charge in [-0.2, -0.15) is 0 Å². The number of fused-ring (bicyclic) bond motifs is 1. The topological polar surface area (TPSA) is 96.4 Å². The van der Waals surface area contributed by atoms with Crippen molar-refractivity contribution in [1.29, 1.82) is 0 Å². The highest BCUT2D eigenvalue weighted by Crippen LogP contribution is 2.65. The van der Waals surface area contributed by atoms with E-state index >= 15 is 0 Å². The summed E-state index contributed by atoms with van der Waals surface area (Å²) >= 11 is 0. The Morgan fingerprint density at radius 1 is 1.21 bits per heavy atom. The molecule has 8 nitrogen and oxygen atoms in total. The highest BCUT2D eigenvalue weighted by Gasteiger charge is 2.80. The lowest BCUT2D eigenvalue weighted by molar-refractivity contribution is -0.163. The van der Waals surface area contributed by atoms with Crippen LogP contribution in [0.4, 0.5) is 0 Å². The highest BCUT2D eigenvalue weighted by atomic mass is 16.6. The van der Waals surface area contributed by atoms with Gasteiger partial charge in [0.15, 0.2) is 0 Å². The Morgan fingerprint density at radius 2 is 1.87 bits per heavy atom. The number of unbranched alkanes of at least 4 members (excludes halogenated alkanes) is 1. The number of aliphatic hydroxyl groups excluding tert-OH is 1. The normalized spacial score (nSPS) is 31.8. The van der Waals surface area contributed by atoms with Crippen LogP contribution in [-0.4, -0.2) is 81.8 Å². The van der Waals surface area contributed by atoms with E-state index in [-0.39, 0.29) is 36.4 Å². The molecular formula is C31H50N2O6. The molecule has 0 saturated carbocycles. The van der Waals surface area contributed by atoms with Crippen molar-refractivity contribution in [3.8, 4) is 0 Å². The van der Waals surface area contributed by atoms with Gasteiger partial charge in [-0.25, -0.2) is 0 Å². The Kier molecular flexibility index (Phi) is 9.13. The summed E-state index contributed by atoms with van der Waals surface area (Å²) in [5.74, 6) is -2.52. The lowest BCUT2D eigenvalue weighted by atomic mass is 9.62. The van der Waals surface area contributed by atoms with Crippen LogP contribution in [0, 0.1) is 23.2 Å². The minimum absolute atomic E-state index is 0.000275. The number of esters is 1. The van der Waals surface area contributed by atoms with E-state index in [2.05, 4.69) is 47.8 Å². The number of likely N-dealkylation sites (tertiary alicyclic amines) is 1. The molecule has 2 amide bonds. The van der Waals surface area contributed by atoms with Crippen molar-refractivity contribution >= 4 is 17.8 Å². The van der Waals surface area contributed by atoms with E-state index in [1.165, 1.54) is 0 Å². The van der Waals surface area contributed by atoms with Gasteiger partial charge in [0.05, 0.1) is 18.1 Å². The molecule has 39 heavy (non-hydrogen) atoms. The second-order valence-corrected chi connectivity index (χ2v) is 13.7. The summed E-state index contributed by atoms with van der Waals surface area (Å²) in [5, 5.41) is 9.42. The fraction of sp³-hybridized carbons (Fsp3) is 0.774. The summed E-state index contributed by atoms with van der Waals surface area (Å²) in [6.07, 6.45) is 6.23. The number of carbonyl (C=O) groups is 3. The smallest absolute Gasteiger partial charge is 0.312 e. The minimum atomic E-state index is -1.12. The predicted molar refractivity (Wildman–Crippen MR) is 151 cm³/mol. The van der Waals surface area contributed by atoms with Crippen LogP contribution in [0.5, 0.6) is 0 Å². The summed E-state index contributed by atoms with van der Waals surface area (Å²) in [7, 11) is 0. The lowest BCUT2D eigenvalue weighted by Gasteiger charge is -2.45. The van der Waals surface area contributed by atoms with Gasteiger partial charge in [0.25, 0.3) is 0 Å². The van der Waals surface area contributed by atoms with Crippen molar-refractivity contribution in [2.75, 3.05) is 26.3 Å². The monoisotopic (exact) mass is 546 g/mol. The Labute approximate surface area is 234 Å². The van der Waals surface area contributed by atoms with Gasteiger partial charge in [0, 0.05) is 25.2 Å². The van der Waals surface area contributed by atoms with Crippen molar-refractivity contribution in [1.82, 2.24) is 9.80 Å². The quantitative estimate of drug-likeness (QED) is 0.212. The van der Waals surface area contributed by atoms with E-state index in [0.29, 0.717) is 38.8 Å². The lowest BCUT2D eigenvalue weighted by Crippen LogP contribution is -2.61. The maximum Gasteiger partial charge on any atom is 0.312 e. The van der Waals surface area contributed by atoms with E-state index < -0.39 is 40.6 Å². The van der Waals surface area contributed by atoms with Gasteiger partial charge in [0.1, 0.15) is 17.6 Å². The Morgan fingerprint density at radius 3 is 2.44 bits per heavy atom. The summed E-state index contributed by atoms with van der Waals surface area (Å²) in [5.41, 5.74) is -2.60. The molecule has 2 bridgehead atoms. The number of hydrogen-bond acceptors (Lipinski definition) is 6. The van der Waals surface area contributed by atoms with Gasteiger partial charge in [-0.15, -0.1) is 13.2 Å².